The second-order valence-electron chi connectivity index (χ2n) is 5.62. The number of hydrogen-bond acceptors (Lipinski definition) is 7. The number of carbonyl (C=O) groups is 1. The van der Waals surface area contributed by atoms with Gasteiger partial charge in [0.2, 0.25) is 0 Å². The summed E-state index contributed by atoms with van der Waals surface area (Å²) in [5.41, 5.74) is 0.311. The van der Waals surface area contributed by atoms with Crippen LogP contribution in [-0.2, 0) is 13.7 Å². The highest BCUT2D eigenvalue weighted by molar-refractivity contribution is 7.99. The van der Waals surface area contributed by atoms with E-state index >= 15 is 0 Å². The van der Waals surface area contributed by atoms with Gasteiger partial charge in [0.15, 0.2) is 28.3 Å². The van der Waals surface area contributed by atoms with E-state index in [0.29, 0.717) is 27.3 Å². The molecule has 1 aromatic heterocycles. The Kier molecular flexibility index (Phi) is 5.88. The number of benzene rings is 2. The number of halogens is 1. The van der Waals surface area contributed by atoms with Gasteiger partial charge in [-0.1, -0.05) is 23.4 Å². The molecule has 2 aromatic carbocycles. The van der Waals surface area contributed by atoms with E-state index in [4.69, 9.17) is 16.3 Å². The van der Waals surface area contributed by atoms with E-state index in [-0.39, 0.29) is 29.6 Å². The minimum Gasteiger partial charge on any atom is -0.504 e. The molecule has 0 atom stereocenters. The predicted molar refractivity (Wildman–Crippen MR) is 102 cm³/mol. The van der Waals surface area contributed by atoms with E-state index in [0.717, 1.165) is 0 Å². The number of aromatic hydroxyl groups is 2. The fourth-order valence-electron chi connectivity index (χ4n) is 2.19. The fourth-order valence-corrected chi connectivity index (χ4v) is 3.14. The van der Waals surface area contributed by atoms with E-state index < -0.39 is 0 Å². The number of phenolic OH excluding ortho intramolecular Hbond substituents is 2. The van der Waals surface area contributed by atoms with Crippen molar-refractivity contribution in [2.75, 3.05) is 5.75 Å². The summed E-state index contributed by atoms with van der Waals surface area (Å²) in [6, 6.07) is 11.0. The third-order valence-corrected chi connectivity index (χ3v) is 5.01. The maximum atomic E-state index is 12.2. The lowest BCUT2D eigenvalue weighted by Crippen LogP contribution is -2.06. The lowest BCUT2D eigenvalue weighted by atomic mass is 10.1. The van der Waals surface area contributed by atoms with Crippen LogP contribution in [0.5, 0.6) is 17.2 Å². The third-order valence-electron chi connectivity index (χ3n) is 3.74. The first-order valence-corrected chi connectivity index (χ1v) is 9.25. The first-order valence-electron chi connectivity index (χ1n) is 7.88. The van der Waals surface area contributed by atoms with Gasteiger partial charge in [0.05, 0.1) is 5.75 Å². The number of phenols is 2. The summed E-state index contributed by atoms with van der Waals surface area (Å²) in [6.07, 6.45) is 0. The van der Waals surface area contributed by atoms with Crippen LogP contribution in [0.4, 0.5) is 0 Å². The van der Waals surface area contributed by atoms with Crippen LogP contribution in [-0.4, -0.2) is 36.5 Å². The summed E-state index contributed by atoms with van der Waals surface area (Å²) in [5, 5.41) is 28.2. The number of rotatable bonds is 7. The van der Waals surface area contributed by atoms with Crippen LogP contribution >= 0.6 is 23.4 Å². The zero-order valence-electron chi connectivity index (χ0n) is 14.3. The Morgan fingerprint density at radius 1 is 1.15 bits per heavy atom. The van der Waals surface area contributed by atoms with Crippen LogP contribution in [0.3, 0.4) is 0 Å². The first kappa shape index (κ1) is 19.1. The Morgan fingerprint density at radius 2 is 1.89 bits per heavy atom. The molecule has 2 N–H and O–H groups in total. The van der Waals surface area contributed by atoms with Gasteiger partial charge in [-0.05, 0) is 42.5 Å². The number of Topliss-reactive ketones (excluding diaryl/α,β-unsaturated/α-hetero) is 1. The number of hydrogen-bond donors (Lipinski definition) is 2. The molecule has 27 heavy (non-hydrogen) atoms. The van der Waals surface area contributed by atoms with Gasteiger partial charge in [-0.15, -0.1) is 10.2 Å². The summed E-state index contributed by atoms with van der Waals surface area (Å²) in [7, 11) is 1.79. The molecule has 0 aliphatic heterocycles. The molecular weight excluding hydrogens is 390 g/mol. The van der Waals surface area contributed by atoms with Gasteiger partial charge in [-0.3, -0.25) is 4.79 Å². The molecule has 9 heteroatoms. The van der Waals surface area contributed by atoms with Crippen molar-refractivity contribution < 1.29 is 19.7 Å². The van der Waals surface area contributed by atoms with Gasteiger partial charge >= 0.3 is 0 Å². The number of aromatic nitrogens is 3. The lowest BCUT2D eigenvalue weighted by molar-refractivity contribution is 0.102. The van der Waals surface area contributed by atoms with E-state index in [9.17, 15) is 15.0 Å². The van der Waals surface area contributed by atoms with Crippen LogP contribution in [0, 0.1) is 0 Å². The molecule has 0 aliphatic carbocycles. The average Bonchev–Trinajstić information content (AvgIpc) is 3.01. The topological polar surface area (TPSA) is 97.5 Å². The Bertz CT molecular complexity index is 960. The van der Waals surface area contributed by atoms with Crippen molar-refractivity contribution in [2.45, 2.75) is 11.8 Å². The Hall–Kier alpha value is -2.71. The van der Waals surface area contributed by atoms with E-state index in [2.05, 4.69) is 10.2 Å². The molecule has 0 unspecified atom stereocenters. The fraction of sp³-hybridized carbons (Fsp3) is 0.167. The molecule has 0 spiro atoms. The van der Waals surface area contributed by atoms with Crippen molar-refractivity contribution in [1.29, 1.82) is 0 Å². The lowest BCUT2D eigenvalue weighted by Gasteiger charge is -2.07. The highest BCUT2D eigenvalue weighted by atomic mass is 35.5. The summed E-state index contributed by atoms with van der Waals surface area (Å²) in [6.45, 7) is 0.228. The van der Waals surface area contributed by atoms with Crippen molar-refractivity contribution >= 4 is 29.1 Å². The van der Waals surface area contributed by atoms with Crippen LogP contribution in [0.25, 0.3) is 0 Å². The molecule has 1 heterocycles. The molecule has 140 valence electrons. The molecule has 0 aliphatic rings. The Morgan fingerprint density at radius 3 is 2.59 bits per heavy atom. The molecule has 0 fully saturated rings. The molecule has 0 amide bonds. The summed E-state index contributed by atoms with van der Waals surface area (Å²) in [4.78, 5) is 12.2. The Balaban J connectivity index is 1.59. The predicted octanol–water partition coefficient (Wildman–Crippen LogP) is 3.43. The van der Waals surface area contributed by atoms with Crippen LogP contribution in [0.1, 0.15) is 16.2 Å². The minimum absolute atomic E-state index is 0.119. The second kappa shape index (κ2) is 8.32. The smallest absolute Gasteiger partial charge is 0.191 e. The number of ketones is 1. The van der Waals surface area contributed by atoms with Crippen molar-refractivity contribution in [3.05, 3.63) is 58.9 Å². The van der Waals surface area contributed by atoms with Crippen molar-refractivity contribution in [3.8, 4) is 17.2 Å². The maximum Gasteiger partial charge on any atom is 0.191 e. The van der Waals surface area contributed by atoms with Gasteiger partial charge in [0.25, 0.3) is 0 Å². The van der Waals surface area contributed by atoms with Crippen LogP contribution in [0.15, 0.2) is 47.6 Å². The Labute approximate surface area is 164 Å². The number of ether oxygens (including phenoxy) is 1. The van der Waals surface area contributed by atoms with Crippen molar-refractivity contribution in [1.82, 2.24) is 14.8 Å². The SMILES string of the molecule is Cn1c(COc2ccc(Cl)cc2)nnc1SCC(=O)c1ccc(O)c(O)c1. The summed E-state index contributed by atoms with van der Waals surface area (Å²) < 4.78 is 7.40. The monoisotopic (exact) mass is 405 g/mol. The average molecular weight is 406 g/mol. The van der Waals surface area contributed by atoms with Gasteiger partial charge in [-0.2, -0.15) is 0 Å². The zero-order chi connectivity index (χ0) is 19.4. The van der Waals surface area contributed by atoms with Crippen LogP contribution in [0.2, 0.25) is 5.02 Å². The molecule has 0 bridgehead atoms. The van der Waals surface area contributed by atoms with Gasteiger partial charge in [0, 0.05) is 17.6 Å². The third kappa shape index (κ3) is 4.72. The summed E-state index contributed by atoms with van der Waals surface area (Å²) >= 11 is 7.07. The van der Waals surface area contributed by atoms with Crippen molar-refractivity contribution in [2.24, 2.45) is 7.05 Å². The standard InChI is InChI=1S/C18H16ClN3O4S/c1-22-17(9-26-13-5-3-12(19)4-6-13)20-21-18(22)27-10-16(25)11-2-7-14(23)15(24)8-11/h2-8,23-24H,9-10H2,1H3. The van der Waals surface area contributed by atoms with Gasteiger partial charge < -0.3 is 19.5 Å². The zero-order valence-corrected chi connectivity index (χ0v) is 15.9. The molecule has 0 radical (unpaired) electrons. The molecule has 3 rings (SSSR count). The summed E-state index contributed by atoms with van der Waals surface area (Å²) in [5.74, 6) is 0.608. The molecule has 0 saturated carbocycles. The molecule has 7 nitrogen and oxygen atoms in total. The quantitative estimate of drug-likeness (QED) is 0.353. The largest absolute Gasteiger partial charge is 0.504 e. The van der Waals surface area contributed by atoms with E-state index in [1.165, 1.54) is 30.0 Å². The first-order chi connectivity index (χ1) is 12.9. The van der Waals surface area contributed by atoms with Gasteiger partial charge in [-0.25, -0.2) is 0 Å². The highest BCUT2D eigenvalue weighted by Crippen LogP contribution is 2.26. The number of carbonyl (C=O) groups excluding carboxylic acids is 1. The molecule has 3 aromatic rings. The highest BCUT2D eigenvalue weighted by Gasteiger charge is 2.14. The maximum absolute atomic E-state index is 12.2. The van der Waals surface area contributed by atoms with E-state index in [1.54, 1.807) is 35.9 Å². The van der Waals surface area contributed by atoms with Crippen LogP contribution < -0.4 is 4.74 Å². The second-order valence-corrected chi connectivity index (χ2v) is 6.99. The molecular formula is C18H16ClN3O4S. The minimum atomic E-state index is -0.328. The number of nitrogens with zero attached hydrogens (tertiary/aromatic N) is 3. The normalized spacial score (nSPS) is 10.7. The van der Waals surface area contributed by atoms with Crippen molar-refractivity contribution in [3.63, 3.8) is 0 Å². The molecule has 0 saturated heterocycles. The number of thioether (sulfide) groups is 1. The van der Waals surface area contributed by atoms with Gasteiger partial charge in [0.1, 0.15) is 12.4 Å². The van der Waals surface area contributed by atoms with E-state index in [1.807, 2.05) is 0 Å².